The number of thiazole rings is 1. The predicted octanol–water partition coefficient (Wildman–Crippen LogP) is 3.48. The van der Waals surface area contributed by atoms with Gasteiger partial charge in [-0.2, -0.15) is 13.2 Å². The van der Waals surface area contributed by atoms with Crippen LogP contribution in [-0.4, -0.2) is 4.98 Å². The average Bonchev–Trinajstić information content (AvgIpc) is 2.41. The molecule has 2 aromatic rings. The zero-order valence-electron chi connectivity index (χ0n) is 7.21. The largest absolute Gasteiger partial charge is 0.416 e. The van der Waals surface area contributed by atoms with E-state index in [9.17, 15) is 13.2 Å². The summed E-state index contributed by atoms with van der Waals surface area (Å²) in [5.41, 5.74) is 4.97. The summed E-state index contributed by atoms with van der Waals surface area (Å²) in [7, 11) is 0. The summed E-state index contributed by atoms with van der Waals surface area (Å²) in [6.45, 7) is 0. The minimum atomic E-state index is -4.33. The molecule has 0 bridgehead atoms. The maximum atomic E-state index is 12.3. The molecule has 82 valence electrons. The third-order valence-corrected chi connectivity index (χ3v) is 2.60. The topological polar surface area (TPSA) is 38.9 Å². The van der Waals surface area contributed by atoms with Crippen LogP contribution in [0.5, 0.6) is 0 Å². The van der Waals surface area contributed by atoms with Crippen molar-refractivity contribution in [2.24, 2.45) is 0 Å². The van der Waals surface area contributed by atoms with Crippen molar-refractivity contribution in [3.63, 3.8) is 0 Å². The number of hydrogen-bond acceptors (Lipinski definition) is 3. The van der Waals surface area contributed by atoms with Gasteiger partial charge in [0.25, 0.3) is 0 Å². The van der Waals surface area contributed by atoms with Gasteiger partial charge in [-0.25, -0.2) is 4.98 Å². The molecular formula is C8H6BrF3N2S. The molecule has 0 saturated carbocycles. The Morgan fingerprint density at radius 3 is 2.53 bits per heavy atom. The number of nitrogens with zero attached hydrogens (tertiary/aromatic N) is 1. The summed E-state index contributed by atoms with van der Waals surface area (Å²) in [5.74, 6) is 0. The van der Waals surface area contributed by atoms with E-state index in [1.54, 1.807) is 0 Å². The van der Waals surface area contributed by atoms with Crippen LogP contribution in [0.2, 0.25) is 0 Å². The minimum absolute atomic E-state index is 0. The molecule has 0 unspecified atom stereocenters. The van der Waals surface area contributed by atoms with Crippen LogP contribution in [0.1, 0.15) is 5.56 Å². The first-order valence-electron chi connectivity index (χ1n) is 3.70. The first-order valence-corrected chi connectivity index (χ1v) is 4.52. The second kappa shape index (κ2) is 3.97. The number of fused-ring (bicyclic) bond motifs is 1. The van der Waals surface area contributed by atoms with E-state index in [0.29, 0.717) is 10.2 Å². The Morgan fingerprint density at radius 1 is 1.27 bits per heavy atom. The molecule has 1 aromatic carbocycles. The fourth-order valence-corrected chi connectivity index (χ4v) is 1.84. The summed E-state index contributed by atoms with van der Waals surface area (Å²) in [5, 5.41) is 0.277. The molecule has 2 rings (SSSR count). The van der Waals surface area contributed by atoms with Gasteiger partial charge in [0.2, 0.25) is 0 Å². The lowest BCUT2D eigenvalue weighted by molar-refractivity contribution is -0.137. The average molecular weight is 299 g/mol. The van der Waals surface area contributed by atoms with E-state index in [1.165, 1.54) is 17.4 Å². The van der Waals surface area contributed by atoms with Crippen LogP contribution >= 0.6 is 28.3 Å². The second-order valence-electron chi connectivity index (χ2n) is 2.73. The summed E-state index contributed by atoms with van der Waals surface area (Å²) >= 11 is 1.17. The van der Waals surface area contributed by atoms with Crippen molar-refractivity contribution in [1.29, 1.82) is 0 Å². The summed E-state index contributed by atoms with van der Waals surface area (Å²) in [6.07, 6.45) is -4.33. The molecule has 7 heteroatoms. The SMILES string of the molecule is Br.Nc1nc2cc(C(F)(F)F)ccc2s1. The van der Waals surface area contributed by atoms with Crippen LogP contribution in [0.15, 0.2) is 18.2 Å². The lowest BCUT2D eigenvalue weighted by Crippen LogP contribution is -2.03. The third kappa shape index (κ3) is 2.40. The Kier molecular flexibility index (Phi) is 3.25. The fraction of sp³-hybridized carbons (Fsp3) is 0.125. The van der Waals surface area contributed by atoms with Gasteiger partial charge < -0.3 is 5.73 Å². The number of benzene rings is 1. The molecule has 2 nitrogen and oxygen atoms in total. The molecular weight excluding hydrogens is 293 g/mol. The van der Waals surface area contributed by atoms with E-state index in [1.807, 2.05) is 0 Å². The van der Waals surface area contributed by atoms with Gasteiger partial charge in [0, 0.05) is 0 Å². The number of anilines is 1. The molecule has 0 aliphatic carbocycles. The number of halogens is 4. The van der Waals surface area contributed by atoms with E-state index in [0.717, 1.165) is 12.1 Å². The highest BCUT2D eigenvalue weighted by Crippen LogP contribution is 2.33. The van der Waals surface area contributed by atoms with Crippen LogP contribution in [0, 0.1) is 0 Å². The van der Waals surface area contributed by atoms with Crippen molar-refractivity contribution in [2.75, 3.05) is 5.73 Å². The van der Waals surface area contributed by atoms with Crippen molar-refractivity contribution in [2.45, 2.75) is 6.18 Å². The molecule has 0 saturated heterocycles. The normalized spacial score (nSPS) is 11.4. The molecule has 0 spiro atoms. The third-order valence-electron chi connectivity index (χ3n) is 1.73. The maximum absolute atomic E-state index is 12.3. The molecule has 15 heavy (non-hydrogen) atoms. The summed E-state index contributed by atoms with van der Waals surface area (Å²) in [4.78, 5) is 3.78. The molecule has 2 N–H and O–H groups in total. The molecule has 1 heterocycles. The lowest BCUT2D eigenvalue weighted by atomic mass is 10.2. The molecule has 0 radical (unpaired) electrons. The van der Waals surface area contributed by atoms with Crippen molar-refractivity contribution in [1.82, 2.24) is 4.98 Å². The molecule has 1 aromatic heterocycles. The van der Waals surface area contributed by atoms with E-state index < -0.39 is 11.7 Å². The van der Waals surface area contributed by atoms with Crippen molar-refractivity contribution >= 4 is 43.7 Å². The standard InChI is InChI=1S/C8H5F3N2S.BrH/c9-8(10,11)4-1-2-6-5(3-4)13-7(12)14-6;/h1-3H,(H2,12,13);1H. The molecule has 0 amide bonds. The first kappa shape index (κ1) is 12.3. The van der Waals surface area contributed by atoms with Crippen LogP contribution in [0.4, 0.5) is 18.3 Å². The van der Waals surface area contributed by atoms with E-state index in [4.69, 9.17) is 5.73 Å². The Labute approximate surface area is 97.7 Å². The van der Waals surface area contributed by atoms with Crippen molar-refractivity contribution in [3.05, 3.63) is 23.8 Å². The zero-order valence-corrected chi connectivity index (χ0v) is 9.74. The van der Waals surface area contributed by atoms with Gasteiger partial charge in [-0.05, 0) is 18.2 Å². The van der Waals surface area contributed by atoms with Gasteiger partial charge in [-0.3, -0.25) is 0 Å². The second-order valence-corrected chi connectivity index (χ2v) is 3.79. The molecule has 0 aliphatic rings. The highest BCUT2D eigenvalue weighted by Gasteiger charge is 2.30. The monoisotopic (exact) mass is 298 g/mol. The number of rotatable bonds is 0. The molecule has 0 atom stereocenters. The highest BCUT2D eigenvalue weighted by molar-refractivity contribution is 8.93. The van der Waals surface area contributed by atoms with Crippen LogP contribution in [-0.2, 0) is 6.18 Å². The first-order chi connectivity index (χ1) is 6.47. The number of alkyl halides is 3. The van der Waals surface area contributed by atoms with Gasteiger partial charge in [-0.15, -0.1) is 17.0 Å². The van der Waals surface area contributed by atoms with Gasteiger partial charge in [0.05, 0.1) is 15.8 Å². The van der Waals surface area contributed by atoms with Crippen molar-refractivity contribution < 1.29 is 13.2 Å². The van der Waals surface area contributed by atoms with Crippen molar-refractivity contribution in [3.8, 4) is 0 Å². The van der Waals surface area contributed by atoms with Crippen LogP contribution < -0.4 is 5.73 Å². The fourth-order valence-electron chi connectivity index (χ4n) is 1.12. The van der Waals surface area contributed by atoms with E-state index >= 15 is 0 Å². The minimum Gasteiger partial charge on any atom is -0.375 e. The quantitative estimate of drug-likeness (QED) is 0.809. The van der Waals surface area contributed by atoms with Gasteiger partial charge in [0.1, 0.15) is 0 Å². The number of aromatic nitrogens is 1. The predicted molar refractivity (Wildman–Crippen MR) is 59.4 cm³/mol. The summed E-state index contributed by atoms with van der Waals surface area (Å²) < 4.78 is 37.5. The lowest BCUT2D eigenvalue weighted by Gasteiger charge is -2.04. The van der Waals surface area contributed by atoms with Gasteiger partial charge >= 0.3 is 6.18 Å². The highest BCUT2D eigenvalue weighted by atomic mass is 79.9. The molecule has 0 aliphatic heterocycles. The Balaban J connectivity index is 0.00000112. The van der Waals surface area contributed by atoms with Gasteiger partial charge in [-0.1, -0.05) is 11.3 Å². The maximum Gasteiger partial charge on any atom is 0.416 e. The Hall–Kier alpha value is -0.820. The zero-order chi connectivity index (χ0) is 10.3. The van der Waals surface area contributed by atoms with Crippen LogP contribution in [0.25, 0.3) is 10.2 Å². The number of nitrogen functional groups attached to an aromatic ring is 1. The smallest absolute Gasteiger partial charge is 0.375 e. The number of nitrogens with two attached hydrogens (primary N) is 1. The van der Waals surface area contributed by atoms with E-state index in [-0.39, 0.29) is 22.1 Å². The van der Waals surface area contributed by atoms with Crippen LogP contribution in [0.3, 0.4) is 0 Å². The molecule has 0 fully saturated rings. The van der Waals surface area contributed by atoms with Gasteiger partial charge in [0.15, 0.2) is 5.13 Å². The number of hydrogen-bond donors (Lipinski definition) is 1. The Bertz CT molecular complexity index is 480. The summed E-state index contributed by atoms with van der Waals surface area (Å²) in [6, 6.07) is 3.41. The Morgan fingerprint density at radius 2 is 1.93 bits per heavy atom. The van der Waals surface area contributed by atoms with E-state index in [2.05, 4.69) is 4.98 Å².